The van der Waals surface area contributed by atoms with Crippen molar-refractivity contribution in [2.75, 3.05) is 11.9 Å². The molecule has 0 bridgehead atoms. The highest BCUT2D eigenvalue weighted by Gasteiger charge is 2.05. The highest BCUT2D eigenvalue weighted by molar-refractivity contribution is 9.10. The topological polar surface area (TPSA) is 47.0 Å². The van der Waals surface area contributed by atoms with Crippen LogP contribution in [-0.2, 0) is 6.54 Å². The fourth-order valence-electron chi connectivity index (χ4n) is 1.46. The summed E-state index contributed by atoms with van der Waals surface area (Å²) in [6.45, 7) is 3.50. The number of hydrogen-bond donors (Lipinski definition) is 1. The fourth-order valence-corrected chi connectivity index (χ4v) is 2.31. The second-order valence-corrected chi connectivity index (χ2v) is 5.45. The Morgan fingerprint density at radius 3 is 3.06 bits per heavy atom. The van der Waals surface area contributed by atoms with Gasteiger partial charge in [-0.3, -0.25) is 0 Å². The van der Waals surface area contributed by atoms with E-state index in [1.165, 1.54) is 11.3 Å². The molecule has 6 heteroatoms. The number of hydrogen-bond acceptors (Lipinski definition) is 5. The quantitative estimate of drug-likeness (QED) is 0.878. The first kappa shape index (κ1) is 13.3. The number of anilines is 1. The van der Waals surface area contributed by atoms with Crippen LogP contribution in [0.2, 0.25) is 0 Å². The van der Waals surface area contributed by atoms with Crippen molar-refractivity contribution < 1.29 is 4.74 Å². The van der Waals surface area contributed by atoms with E-state index in [1.54, 1.807) is 5.51 Å². The molecule has 0 saturated heterocycles. The minimum absolute atomic E-state index is 0.674. The maximum atomic E-state index is 5.72. The zero-order valence-electron chi connectivity index (χ0n) is 10.0. The van der Waals surface area contributed by atoms with Crippen LogP contribution in [0.5, 0.6) is 5.75 Å². The molecule has 2 aromatic rings. The lowest BCUT2D eigenvalue weighted by Crippen LogP contribution is -2.04. The largest absolute Gasteiger partial charge is 0.493 e. The Balaban J connectivity index is 2.06. The van der Waals surface area contributed by atoms with Gasteiger partial charge in [0.25, 0.3) is 0 Å². The summed E-state index contributed by atoms with van der Waals surface area (Å²) in [7, 11) is 0. The molecule has 1 N–H and O–H groups in total. The maximum absolute atomic E-state index is 5.72. The fraction of sp³-hybridized carbons (Fsp3) is 0.333. The molecule has 0 atom stereocenters. The molecule has 0 aliphatic rings. The van der Waals surface area contributed by atoms with Crippen LogP contribution in [0.3, 0.4) is 0 Å². The zero-order valence-corrected chi connectivity index (χ0v) is 12.4. The molecule has 18 heavy (non-hydrogen) atoms. The van der Waals surface area contributed by atoms with Crippen LogP contribution in [0, 0.1) is 0 Å². The van der Waals surface area contributed by atoms with Crippen LogP contribution < -0.4 is 10.1 Å². The molecule has 0 saturated carbocycles. The first-order valence-corrected chi connectivity index (χ1v) is 7.38. The van der Waals surface area contributed by atoms with Crippen molar-refractivity contribution in [1.29, 1.82) is 0 Å². The molecule has 0 fully saturated rings. The smallest absolute Gasteiger partial charge is 0.205 e. The first-order valence-electron chi connectivity index (χ1n) is 5.71. The van der Waals surface area contributed by atoms with Gasteiger partial charge in [-0.1, -0.05) is 34.2 Å². The van der Waals surface area contributed by atoms with E-state index >= 15 is 0 Å². The molecule has 2 rings (SSSR count). The van der Waals surface area contributed by atoms with E-state index in [0.717, 1.165) is 33.9 Å². The number of rotatable bonds is 6. The first-order chi connectivity index (χ1) is 8.79. The van der Waals surface area contributed by atoms with Gasteiger partial charge >= 0.3 is 0 Å². The lowest BCUT2D eigenvalue weighted by atomic mass is 10.2. The summed E-state index contributed by atoms with van der Waals surface area (Å²) in [5.41, 5.74) is 2.81. The van der Waals surface area contributed by atoms with Gasteiger partial charge in [-0.25, -0.2) is 0 Å². The molecule has 1 heterocycles. The summed E-state index contributed by atoms with van der Waals surface area (Å²) in [6.07, 6.45) is 0.999. The van der Waals surface area contributed by atoms with Crippen LogP contribution >= 0.6 is 27.3 Å². The molecule has 1 aromatic carbocycles. The summed E-state index contributed by atoms with van der Waals surface area (Å²) in [5, 5.41) is 11.8. The number of aromatic nitrogens is 2. The van der Waals surface area contributed by atoms with Gasteiger partial charge in [-0.15, -0.1) is 10.2 Å². The summed E-state index contributed by atoms with van der Waals surface area (Å²) >= 11 is 4.96. The zero-order chi connectivity index (χ0) is 12.8. The number of nitrogens with zero attached hydrogens (tertiary/aromatic N) is 2. The SMILES string of the molecule is CCCOc1ccc(Br)cc1CNc1nncs1. The van der Waals surface area contributed by atoms with Crippen molar-refractivity contribution >= 4 is 32.4 Å². The van der Waals surface area contributed by atoms with E-state index in [9.17, 15) is 0 Å². The predicted molar refractivity (Wildman–Crippen MR) is 77.2 cm³/mol. The molecular formula is C12H14BrN3OS. The second kappa shape index (κ2) is 6.70. The third-order valence-electron chi connectivity index (χ3n) is 2.27. The number of benzene rings is 1. The van der Waals surface area contributed by atoms with Crippen LogP contribution in [0.15, 0.2) is 28.2 Å². The van der Waals surface area contributed by atoms with E-state index < -0.39 is 0 Å². The maximum Gasteiger partial charge on any atom is 0.205 e. The summed E-state index contributed by atoms with van der Waals surface area (Å²) in [4.78, 5) is 0. The molecule has 0 aliphatic carbocycles. The van der Waals surface area contributed by atoms with Gasteiger partial charge in [-0.05, 0) is 24.6 Å². The van der Waals surface area contributed by atoms with Gasteiger partial charge in [0.2, 0.25) is 5.13 Å². The Labute approximate surface area is 119 Å². The monoisotopic (exact) mass is 327 g/mol. The normalized spacial score (nSPS) is 10.3. The van der Waals surface area contributed by atoms with Crippen molar-refractivity contribution in [3.63, 3.8) is 0 Å². The summed E-state index contributed by atoms with van der Waals surface area (Å²) in [6, 6.07) is 6.02. The molecular weight excluding hydrogens is 314 g/mol. The molecule has 0 aliphatic heterocycles. The Morgan fingerprint density at radius 1 is 1.44 bits per heavy atom. The van der Waals surface area contributed by atoms with Gasteiger partial charge in [0.1, 0.15) is 11.3 Å². The molecule has 0 amide bonds. The number of nitrogens with one attached hydrogen (secondary N) is 1. The van der Waals surface area contributed by atoms with Crippen molar-refractivity contribution in [2.24, 2.45) is 0 Å². The van der Waals surface area contributed by atoms with Gasteiger partial charge in [0.05, 0.1) is 6.61 Å². The van der Waals surface area contributed by atoms with E-state index in [1.807, 2.05) is 12.1 Å². The average Bonchev–Trinajstić information content (AvgIpc) is 2.88. The van der Waals surface area contributed by atoms with Crippen molar-refractivity contribution in [3.05, 3.63) is 33.7 Å². The lowest BCUT2D eigenvalue weighted by molar-refractivity contribution is 0.314. The molecule has 0 spiro atoms. The Kier molecular flexibility index (Phi) is 4.95. The third kappa shape index (κ3) is 3.68. The molecule has 0 radical (unpaired) electrons. The lowest BCUT2D eigenvalue weighted by Gasteiger charge is -2.11. The van der Waals surface area contributed by atoms with Gasteiger partial charge in [0, 0.05) is 16.6 Å². The summed E-state index contributed by atoms with van der Waals surface area (Å²) in [5.74, 6) is 0.914. The van der Waals surface area contributed by atoms with Gasteiger partial charge < -0.3 is 10.1 Å². The minimum Gasteiger partial charge on any atom is -0.493 e. The predicted octanol–water partition coefficient (Wildman–Crippen LogP) is 3.70. The highest BCUT2D eigenvalue weighted by Crippen LogP contribution is 2.24. The molecule has 1 aromatic heterocycles. The van der Waals surface area contributed by atoms with Crippen molar-refractivity contribution in [3.8, 4) is 5.75 Å². The van der Waals surface area contributed by atoms with Crippen LogP contribution in [-0.4, -0.2) is 16.8 Å². The molecule has 0 unspecified atom stereocenters. The van der Waals surface area contributed by atoms with Crippen LogP contribution in [0.4, 0.5) is 5.13 Å². The number of ether oxygens (including phenoxy) is 1. The van der Waals surface area contributed by atoms with Crippen LogP contribution in [0.25, 0.3) is 0 Å². The van der Waals surface area contributed by atoms with E-state index in [2.05, 4.69) is 44.4 Å². The van der Waals surface area contributed by atoms with Gasteiger partial charge in [-0.2, -0.15) is 0 Å². The Bertz CT molecular complexity index is 490. The van der Waals surface area contributed by atoms with Crippen LogP contribution in [0.1, 0.15) is 18.9 Å². The van der Waals surface area contributed by atoms with E-state index in [-0.39, 0.29) is 0 Å². The standard InChI is InChI=1S/C12H14BrN3OS/c1-2-5-17-11-4-3-10(13)6-9(11)7-14-12-16-15-8-18-12/h3-4,6,8H,2,5,7H2,1H3,(H,14,16). The van der Waals surface area contributed by atoms with Crippen molar-refractivity contribution in [1.82, 2.24) is 10.2 Å². The van der Waals surface area contributed by atoms with E-state index in [4.69, 9.17) is 4.74 Å². The molecule has 96 valence electrons. The molecule has 4 nitrogen and oxygen atoms in total. The Morgan fingerprint density at radius 2 is 2.33 bits per heavy atom. The summed E-state index contributed by atoms with van der Waals surface area (Å²) < 4.78 is 6.76. The van der Waals surface area contributed by atoms with Gasteiger partial charge in [0.15, 0.2) is 0 Å². The number of halogens is 1. The minimum atomic E-state index is 0.674. The average molecular weight is 328 g/mol. The van der Waals surface area contributed by atoms with E-state index in [0.29, 0.717) is 6.54 Å². The second-order valence-electron chi connectivity index (χ2n) is 3.70. The Hall–Kier alpha value is -1.14. The highest BCUT2D eigenvalue weighted by atomic mass is 79.9. The third-order valence-corrected chi connectivity index (χ3v) is 3.42. The van der Waals surface area contributed by atoms with Crippen molar-refractivity contribution in [2.45, 2.75) is 19.9 Å².